The molecule has 0 radical (unpaired) electrons. The van der Waals surface area contributed by atoms with Crippen molar-refractivity contribution in [3.8, 4) is 0 Å². The number of likely N-dealkylation sites (tertiary alicyclic amines) is 1. The van der Waals surface area contributed by atoms with E-state index in [1.54, 1.807) is 11.0 Å². The lowest BCUT2D eigenvalue weighted by molar-refractivity contribution is -0.128. The van der Waals surface area contributed by atoms with E-state index in [0.717, 1.165) is 31.2 Å². The molecule has 0 bridgehead atoms. The van der Waals surface area contributed by atoms with Crippen LogP contribution in [0.15, 0.2) is 24.3 Å². The van der Waals surface area contributed by atoms with E-state index in [-0.39, 0.29) is 29.6 Å². The Morgan fingerprint density at radius 3 is 2.78 bits per heavy atom. The van der Waals surface area contributed by atoms with Crippen LogP contribution in [-0.2, 0) is 16.1 Å². The maximum absolute atomic E-state index is 13.2. The predicted octanol–water partition coefficient (Wildman–Crippen LogP) is 2.62. The molecule has 0 spiro atoms. The van der Waals surface area contributed by atoms with Crippen LogP contribution in [0.2, 0.25) is 0 Å². The molecule has 1 N–H and O–H groups in total. The molecule has 124 valence electrons. The first-order chi connectivity index (χ1) is 11.1. The van der Waals surface area contributed by atoms with Gasteiger partial charge in [0.25, 0.3) is 0 Å². The van der Waals surface area contributed by atoms with Gasteiger partial charge in [0.1, 0.15) is 5.82 Å². The van der Waals surface area contributed by atoms with Crippen LogP contribution in [0, 0.1) is 11.7 Å². The minimum absolute atomic E-state index is 0.0169. The lowest BCUT2D eigenvalue weighted by atomic mass is 9.88. The van der Waals surface area contributed by atoms with Gasteiger partial charge in [0, 0.05) is 25.4 Å². The Balaban J connectivity index is 1.53. The van der Waals surface area contributed by atoms with Crippen LogP contribution in [0.1, 0.15) is 44.1 Å². The molecule has 4 nitrogen and oxygen atoms in total. The minimum Gasteiger partial charge on any atom is -0.351 e. The summed E-state index contributed by atoms with van der Waals surface area (Å²) in [6.07, 6.45) is 5.71. The summed E-state index contributed by atoms with van der Waals surface area (Å²) in [5.41, 5.74) is 0.776. The number of nitrogens with one attached hydrogen (secondary N) is 1. The standard InChI is InChI=1S/C18H23FN2O2/c19-15-8-4-5-13(9-15)11-21-12-16(10-17(21)22)20-18(23)14-6-2-1-3-7-14/h4-5,8-9,14,16H,1-3,6-7,10-12H2,(H,20,23). The Bertz CT molecular complexity index is 584. The number of benzene rings is 1. The van der Waals surface area contributed by atoms with Gasteiger partial charge in [-0.1, -0.05) is 31.4 Å². The smallest absolute Gasteiger partial charge is 0.225 e. The Kier molecular flexibility index (Phi) is 4.94. The van der Waals surface area contributed by atoms with E-state index < -0.39 is 0 Å². The zero-order chi connectivity index (χ0) is 16.2. The number of carbonyl (C=O) groups excluding carboxylic acids is 2. The van der Waals surface area contributed by atoms with Crippen molar-refractivity contribution < 1.29 is 14.0 Å². The second-order valence-corrected chi connectivity index (χ2v) is 6.65. The molecule has 3 rings (SSSR count). The highest BCUT2D eigenvalue weighted by atomic mass is 19.1. The molecule has 1 heterocycles. The summed E-state index contributed by atoms with van der Waals surface area (Å²) in [6.45, 7) is 0.903. The number of amides is 2. The lowest BCUT2D eigenvalue weighted by Crippen LogP contribution is -2.41. The number of nitrogens with zero attached hydrogens (tertiary/aromatic N) is 1. The van der Waals surface area contributed by atoms with Crippen molar-refractivity contribution >= 4 is 11.8 Å². The molecule has 1 unspecified atom stereocenters. The van der Waals surface area contributed by atoms with Crippen molar-refractivity contribution in [2.75, 3.05) is 6.54 Å². The van der Waals surface area contributed by atoms with E-state index in [9.17, 15) is 14.0 Å². The molecule has 5 heteroatoms. The van der Waals surface area contributed by atoms with Crippen molar-refractivity contribution in [3.63, 3.8) is 0 Å². The van der Waals surface area contributed by atoms with E-state index in [2.05, 4.69) is 5.32 Å². The summed E-state index contributed by atoms with van der Waals surface area (Å²) >= 11 is 0. The van der Waals surface area contributed by atoms with Gasteiger partial charge in [0.2, 0.25) is 11.8 Å². The number of hydrogen-bond donors (Lipinski definition) is 1. The average Bonchev–Trinajstić information content (AvgIpc) is 2.87. The maximum Gasteiger partial charge on any atom is 0.225 e. The molecule has 0 aromatic heterocycles. The highest BCUT2D eigenvalue weighted by molar-refractivity contribution is 5.83. The molecular weight excluding hydrogens is 295 g/mol. The van der Waals surface area contributed by atoms with E-state index in [4.69, 9.17) is 0 Å². The normalized spacial score (nSPS) is 22.4. The fraction of sp³-hybridized carbons (Fsp3) is 0.556. The van der Waals surface area contributed by atoms with Crippen LogP contribution < -0.4 is 5.32 Å². The van der Waals surface area contributed by atoms with Gasteiger partial charge < -0.3 is 10.2 Å². The number of carbonyl (C=O) groups is 2. The third kappa shape index (κ3) is 4.09. The van der Waals surface area contributed by atoms with Crippen LogP contribution >= 0.6 is 0 Å². The lowest BCUT2D eigenvalue weighted by Gasteiger charge is -2.23. The third-order valence-electron chi connectivity index (χ3n) is 4.80. The van der Waals surface area contributed by atoms with Crippen molar-refractivity contribution in [2.24, 2.45) is 5.92 Å². The zero-order valence-electron chi connectivity index (χ0n) is 13.3. The predicted molar refractivity (Wildman–Crippen MR) is 84.9 cm³/mol. The fourth-order valence-electron chi connectivity index (χ4n) is 3.56. The zero-order valence-corrected chi connectivity index (χ0v) is 13.3. The second-order valence-electron chi connectivity index (χ2n) is 6.65. The third-order valence-corrected chi connectivity index (χ3v) is 4.80. The summed E-state index contributed by atoms with van der Waals surface area (Å²) < 4.78 is 13.2. The molecular formula is C18H23FN2O2. The fourth-order valence-corrected chi connectivity index (χ4v) is 3.56. The number of rotatable bonds is 4. The SMILES string of the molecule is O=C(NC1CC(=O)N(Cc2cccc(F)c2)C1)C1CCCCC1. The quantitative estimate of drug-likeness (QED) is 0.928. The molecule has 2 amide bonds. The summed E-state index contributed by atoms with van der Waals surface area (Å²) in [5, 5.41) is 3.03. The molecule has 2 aliphatic rings. The molecule has 2 fully saturated rings. The van der Waals surface area contributed by atoms with Crippen molar-refractivity contribution in [2.45, 2.75) is 51.1 Å². The topological polar surface area (TPSA) is 49.4 Å². The van der Waals surface area contributed by atoms with Crippen LogP contribution in [0.3, 0.4) is 0 Å². The molecule has 1 aromatic carbocycles. The molecule has 1 aromatic rings. The average molecular weight is 318 g/mol. The summed E-state index contributed by atoms with van der Waals surface area (Å²) in [6, 6.07) is 6.17. The van der Waals surface area contributed by atoms with Crippen molar-refractivity contribution in [1.29, 1.82) is 0 Å². The Morgan fingerprint density at radius 1 is 1.26 bits per heavy atom. The molecule has 23 heavy (non-hydrogen) atoms. The van der Waals surface area contributed by atoms with Crippen molar-refractivity contribution in [1.82, 2.24) is 10.2 Å². The highest BCUT2D eigenvalue weighted by Gasteiger charge is 2.32. The number of hydrogen-bond acceptors (Lipinski definition) is 2. The van der Waals surface area contributed by atoms with Crippen LogP contribution in [0.25, 0.3) is 0 Å². The summed E-state index contributed by atoms with van der Waals surface area (Å²) in [4.78, 5) is 26.1. The van der Waals surface area contributed by atoms with Gasteiger partial charge >= 0.3 is 0 Å². The van der Waals surface area contributed by atoms with Crippen LogP contribution in [0.4, 0.5) is 4.39 Å². The first-order valence-corrected chi connectivity index (χ1v) is 8.44. The van der Waals surface area contributed by atoms with Gasteiger partial charge in [0.15, 0.2) is 0 Å². The van der Waals surface area contributed by atoms with Gasteiger partial charge in [-0.15, -0.1) is 0 Å². The van der Waals surface area contributed by atoms with Gasteiger partial charge in [-0.25, -0.2) is 4.39 Å². The minimum atomic E-state index is -0.295. The number of halogens is 1. The largest absolute Gasteiger partial charge is 0.351 e. The first-order valence-electron chi connectivity index (χ1n) is 8.44. The van der Waals surface area contributed by atoms with E-state index >= 15 is 0 Å². The Labute approximate surface area is 136 Å². The molecule has 1 saturated carbocycles. The molecule has 1 aliphatic heterocycles. The second kappa shape index (κ2) is 7.11. The molecule has 1 saturated heterocycles. The van der Waals surface area contributed by atoms with Gasteiger partial charge in [0.05, 0.1) is 6.04 Å². The van der Waals surface area contributed by atoms with E-state index in [1.165, 1.54) is 18.6 Å². The Hall–Kier alpha value is -1.91. The highest BCUT2D eigenvalue weighted by Crippen LogP contribution is 2.24. The molecule has 1 atom stereocenters. The maximum atomic E-state index is 13.2. The van der Waals surface area contributed by atoms with Gasteiger partial charge in [-0.3, -0.25) is 9.59 Å². The molecule has 1 aliphatic carbocycles. The van der Waals surface area contributed by atoms with Crippen molar-refractivity contribution in [3.05, 3.63) is 35.6 Å². The van der Waals surface area contributed by atoms with Crippen LogP contribution in [-0.4, -0.2) is 29.3 Å². The summed E-state index contributed by atoms with van der Waals surface area (Å²) in [5.74, 6) is -0.0780. The van der Waals surface area contributed by atoms with Gasteiger partial charge in [-0.2, -0.15) is 0 Å². The first kappa shape index (κ1) is 16.0. The Morgan fingerprint density at radius 2 is 2.04 bits per heavy atom. The van der Waals surface area contributed by atoms with E-state index in [1.807, 2.05) is 6.07 Å². The summed E-state index contributed by atoms with van der Waals surface area (Å²) in [7, 11) is 0. The van der Waals surface area contributed by atoms with Gasteiger partial charge in [-0.05, 0) is 30.5 Å². The monoisotopic (exact) mass is 318 g/mol. The van der Waals surface area contributed by atoms with Crippen LogP contribution in [0.5, 0.6) is 0 Å². The van der Waals surface area contributed by atoms with E-state index in [0.29, 0.717) is 19.5 Å².